The summed E-state index contributed by atoms with van der Waals surface area (Å²) in [5, 5.41) is 0. The second-order valence-corrected chi connectivity index (χ2v) is 8.62. The summed E-state index contributed by atoms with van der Waals surface area (Å²) in [4.78, 5) is 23.8. The molecule has 0 radical (unpaired) electrons. The van der Waals surface area contributed by atoms with E-state index in [1.165, 1.54) is 36.7 Å². The minimum absolute atomic E-state index is 0.0121. The van der Waals surface area contributed by atoms with Crippen molar-refractivity contribution >= 4 is 22.0 Å². The van der Waals surface area contributed by atoms with Gasteiger partial charge >= 0.3 is 11.9 Å². The van der Waals surface area contributed by atoms with E-state index in [-0.39, 0.29) is 34.0 Å². The van der Waals surface area contributed by atoms with Crippen molar-refractivity contribution in [3.63, 3.8) is 0 Å². The molecule has 8 heteroatoms. The first-order chi connectivity index (χ1) is 12.1. The van der Waals surface area contributed by atoms with Gasteiger partial charge in [-0.05, 0) is 43.9 Å². The topological polar surface area (TPSA) is 90.0 Å². The Hall–Kier alpha value is -1.93. The number of sulfonamides is 1. The lowest BCUT2D eigenvalue weighted by Crippen LogP contribution is -2.43. The molecule has 0 aliphatic heterocycles. The van der Waals surface area contributed by atoms with Gasteiger partial charge in [-0.15, -0.1) is 0 Å². The van der Waals surface area contributed by atoms with Crippen molar-refractivity contribution in [2.24, 2.45) is 5.92 Å². The number of esters is 2. The van der Waals surface area contributed by atoms with Crippen molar-refractivity contribution in [1.29, 1.82) is 0 Å². The lowest BCUT2D eigenvalue weighted by atomic mass is 10.1. The summed E-state index contributed by atoms with van der Waals surface area (Å²) in [6.07, 6.45) is 1.60. The Morgan fingerprint density at radius 2 is 1.46 bits per heavy atom. The molecule has 1 saturated carbocycles. The van der Waals surface area contributed by atoms with E-state index in [1.54, 1.807) is 0 Å². The number of hydrogen-bond acceptors (Lipinski definition) is 6. The molecule has 0 bridgehead atoms. The molecule has 7 nitrogen and oxygen atoms in total. The van der Waals surface area contributed by atoms with Crippen LogP contribution in [0, 0.1) is 5.92 Å². The molecule has 0 heterocycles. The maximum absolute atomic E-state index is 13.3. The molecule has 1 aliphatic rings. The van der Waals surface area contributed by atoms with E-state index in [2.05, 4.69) is 9.47 Å². The third kappa shape index (κ3) is 4.07. The van der Waals surface area contributed by atoms with Crippen LogP contribution in [0.4, 0.5) is 0 Å². The standard InChI is InChI=1S/C18H25NO6S/c1-11(2)12(3)19(15-6-7-15)26(22,23)16-9-13(17(20)24-4)8-14(10-16)18(21)25-5/h8-12,15H,6-7H2,1-5H3. The maximum Gasteiger partial charge on any atom is 0.337 e. The van der Waals surface area contributed by atoms with Crippen LogP contribution in [-0.2, 0) is 19.5 Å². The molecule has 0 N–H and O–H groups in total. The highest BCUT2D eigenvalue weighted by Gasteiger charge is 2.42. The van der Waals surface area contributed by atoms with Crippen LogP contribution >= 0.6 is 0 Å². The molecular formula is C18H25NO6S. The molecule has 1 aromatic rings. The fourth-order valence-corrected chi connectivity index (χ4v) is 4.79. The SMILES string of the molecule is COC(=O)c1cc(C(=O)OC)cc(S(=O)(=O)N(C2CC2)C(C)C(C)C)c1. The van der Waals surface area contributed by atoms with E-state index in [9.17, 15) is 18.0 Å². The van der Waals surface area contributed by atoms with Crippen LogP contribution < -0.4 is 0 Å². The van der Waals surface area contributed by atoms with Gasteiger partial charge in [0.2, 0.25) is 10.0 Å². The third-order valence-electron chi connectivity index (χ3n) is 4.60. The Labute approximate surface area is 154 Å². The average Bonchev–Trinajstić information content (AvgIpc) is 3.44. The monoisotopic (exact) mass is 383 g/mol. The van der Waals surface area contributed by atoms with Crippen LogP contribution in [0.1, 0.15) is 54.3 Å². The quantitative estimate of drug-likeness (QED) is 0.672. The van der Waals surface area contributed by atoms with E-state index in [0.717, 1.165) is 12.8 Å². The first-order valence-electron chi connectivity index (χ1n) is 8.48. The summed E-state index contributed by atoms with van der Waals surface area (Å²) >= 11 is 0. The van der Waals surface area contributed by atoms with Crippen LogP contribution in [-0.4, -0.2) is 51.0 Å². The Morgan fingerprint density at radius 3 is 1.81 bits per heavy atom. The molecule has 144 valence electrons. The Kier molecular flexibility index (Phi) is 6.08. The van der Waals surface area contributed by atoms with Gasteiger partial charge in [-0.25, -0.2) is 18.0 Å². The Morgan fingerprint density at radius 1 is 1.00 bits per heavy atom. The lowest BCUT2D eigenvalue weighted by molar-refractivity contribution is 0.0598. The van der Waals surface area contributed by atoms with Gasteiger partial charge in [-0.3, -0.25) is 0 Å². The van der Waals surface area contributed by atoms with Gasteiger partial charge in [-0.2, -0.15) is 4.31 Å². The summed E-state index contributed by atoms with van der Waals surface area (Å²) < 4.78 is 37.5. The highest BCUT2D eigenvalue weighted by Crippen LogP contribution is 2.36. The van der Waals surface area contributed by atoms with Crippen molar-refractivity contribution in [2.45, 2.75) is 50.6 Å². The van der Waals surface area contributed by atoms with E-state index in [0.29, 0.717) is 0 Å². The molecular weight excluding hydrogens is 358 g/mol. The first-order valence-corrected chi connectivity index (χ1v) is 9.92. The molecule has 0 aromatic heterocycles. The van der Waals surface area contributed by atoms with Crippen molar-refractivity contribution in [3.8, 4) is 0 Å². The van der Waals surface area contributed by atoms with Gasteiger partial charge in [0.05, 0.1) is 30.2 Å². The number of benzene rings is 1. The van der Waals surface area contributed by atoms with E-state index >= 15 is 0 Å². The predicted octanol–water partition coefficient (Wildman–Crippen LogP) is 2.46. The molecule has 0 spiro atoms. The Bertz CT molecular complexity index is 764. The molecule has 1 aromatic carbocycles. The summed E-state index contributed by atoms with van der Waals surface area (Å²) in [6.45, 7) is 5.78. The van der Waals surface area contributed by atoms with Gasteiger partial charge in [0.1, 0.15) is 0 Å². The molecule has 1 fully saturated rings. The van der Waals surface area contributed by atoms with E-state index in [4.69, 9.17) is 0 Å². The zero-order valence-electron chi connectivity index (χ0n) is 15.7. The van der Waals surface area contributed by atoms with Crippen molar-refractivity contribution in [3.05, 3.63) is 29.3 Å². The number of methoxy groups -OCH3 is 2. The van der Waals surface area contributed by atoms with Crippen molar-refractivity contribution < 1.29 is 27.5 Å². The number of hydrogen-bond donors (Lipinski definition) is 0. The second kappa shape index (κ2) is 7.75. The lowest BCUT2D eigenvalue weighted by Gasteiger charge is -2.31. The number of ether oxygens (including phenoxy) is 2. The number of nitrogens with zero attached hydrogens (tertiary/aromatic N) is 1. The van der Waals surface area contributed by atoms with Gasteiger partial charge in [-0.1, -0.05) is 13.8 Å². The zero-order valence-corrected chi connectivity index (χ0v) is 16.5. The summed E-state index contributed by atoms with van der Waals surface area (Å²) in [5.74, 6) is -1.32. The molecule has 1 aliphatic carbocycles. The fourth-order valence-electron chi connectivity index (χ4n) is 2.71. The molecule has 0 amide bonds. The minimum atomic E-state index is -3.89. The van der Waals surface area contributed by atoms with Gasteiger partial charge in [0.25, 0.3) is 0 Å². The highest BCUT2D eigenvalue weighted by atomic mass is 32.2. The second-order valence-electron chi connectivity index (χ2n) is 6.78. The molecule has 0 saturated heterocycles. The van der Waals surface area contributed by atoms with Crippen LogP contribution in [0.15, 0.2) is 23.1 Å². The molecule has 26 heavy (non-hydrogen) atoms. The molecule has 2 rings (SSSR count). The smallest absolute Gasteiger partial charge is 0.337 e. The summed E-state index contributed by atoms with van der Waals surface area (Å²) in [6, 6.07) is 3.49. The number of carbonyl (C=O) groups excluding carboxylic acids is 2. The highest BCUT2D eigenvalue weighted by molar-refractivity contribution is 7.89. The van der Waals surface area contributed by atoms with Crippen LogP contribution in [0.5, 0.6) is 0 Å². The van der Waals surface area contributed by atoms with Crippen molar-refractivity contribution in [2.75, 3.05) is 14.2 Å². The first kappa shape index (κ1) is 20.4. The molecule has 1 unspecified atom stereocenters. The average molecular weight is 383 g/mol. The van der Waals surface area contributed by atoms with E-state index in [1.807, 2.05) is 20.8 Å². The summed E-state index contributed by atoms with van der Waals surface area (Å²) in [5.41, 5.74) is -0.0242. The minimum Gasteiger partial charge on any atom is -0.465 e. The Balaban J connectivity index is 2.59. The fraction of sp³-hybridized carbons (Fsp3) is 0.556. The van der Waals surface area contributed by atoms with Gasteiger partial charge < -0.3 is 9.47 Å². The molecule has 1 atom stereocenters. The van der Waals surface area contributed by atoms with Crippen LogP contribution in [0.25, 0.3) is 0 Å². The maximum atomic E-state index is 13.3. The summed E-state index contributed by atoms with van der Waals surface area (Å²) in [7, 11) is -1.51. The van der Waals surface area contributed by atoms with Gasteiger partial charge in [0, 0.05) is 12.1 Å². The normalized spacial score (nSPS) is 15.8. The number of rotatable bonds is 7. The third-order valence-corrected chi connectivity index (χ3v) is 6.61. The van der Waals surface area contributed by atoms with Crippen LogP contribution in [0.2, 0.25) is 0 Å². The largest absolute Gasteiger partial charge is 0.465 e. The zero-order chi connectivity index (χ0) is 19.6. The predicted molar refractivity (Wildman–Crippen MR) is 95.5 cm³/mol. The number of carbonyl (C=O) groups is 2. The van der Waals surface area contributed by atoms with E-state index < -0.39 is 22.0 Å². The van der Waals surface area contributed by atoms with Gasteiger partial charge in [0.15, 0.2) is 0 Å². The van der Waals surface area contributed by atoms with Crippen molar-refractivity contribution in [1.82, 2.24) is 4.31 Å². The van der Waals surface area contributed by atoms with Crippen LogP contribution in [0.3, 0.4) is 0 Å².